The molecule has 3 aliphatic rings. The molecule has 2 saturated heterocycles. The lowest BCUT2D eigenvalue weighted by atomic mass is 9.58. The summed E-state index contributed by atoms with van der Waals surface area (Å²) in [7, 11) is 0. The lowest BCUT2D eigenvalue weighted by molar-refractivity contribution is -0.188. The number of esters is 3. The first-order chi connectivity index (χ1) is 17.1. The second-order valence-corrected chi connectivity index (χ2v) is 11.8. The van der Waals surface area contributed by atoms with Crippen LogP contribution in [0.15, 0.2) is 12.2 Å². The van der Waals surface area contributed by atoms with Crippen LogP contribution in [-0.4, -0.2) is 69.8 Å². The molecule has 0 unspecified atom stereocenters. The average molecular weight is 525 g/mol. The van der Waals surface area contributed by atoms with Gasteiger partial charge in [-0.1, -0.05) is 27.4 Å². The number of aliphatic hydroxyl groups is 2. The Hall–Kier alpha value is -1.97. The Morgan fingerprint density at radius 2 is 1.78 bits per heavy atom. The molecule has 1 aliphatic carbocycles. The highest BCUT2D eigenvalue weighted by Gasteiger charge is 2.64. The smallest absolute Gasteiger partial charge is 0.306 e. The number of rotatable bonds is 6. The van der Waals surface area contributed by atoms with Crippen LogP contribution in [0.4, 0.5) is 0 Å². The summed E-state index contributed by atoms with van der Waals surface area (Å²) >= 11 is 0. The predicted molar refractivity (Wildman–Crippen MR) is 134 cm³/mol. The Morgan fingerprint density at radius 1 is 1.16 bits per heavy atom. The van der Waals surface area contributed by atoms with E-state index in [-0.39, 0.29) is 49.4 Å². The van der Waals surface area contributed by atoms with E-state index in [4.69, 9.17) is 18.9 Å². The van der Waals surface area contributed by atoms with Gasteiger partial charge in [0, 0.05) is 44.4 Å². The number of ether oxygens (including phenoxy) is 4. The third kappa shape index (κ3) is 5.88. The standard InChI is InChI=1S/C28H44O9/c1-9-10-20(31)37-28(8)12-11-19(34-16(5)29)27(7,33)13-18-22-15(4)24(32)25(35-17(6)30)21(14(2)3)23(22)26(28)36-18/h14,18-19,21-26,32-33H,4,9-13H2,1-3,5-8H3/t18-,19+,21+,22-,23-,24-,25+,26-,27+,28-/m1/s1. The number of hydrogen-bond donors (Lipinski definition) is 2. The number of carbonyl (C=O) groups is 3. The van der Waals surface area contributed by atoms with E-state index >= 15 is 0 Å². The van der Waals surface area contributed by atoms with Crippen molar-refractivity contribution in [3.8, 4) is 0 Å². The summed E-state index contributed by atoms with van der Waals surface area (Å²) in [5.41, 5.74) is -2.11. The molecular formula is C28H44O9. The van der Waals surface area contributed by atoms with Crippen molar-refractivity contribution in [1.29, 1.82) is 0 Å². The Bertz CT molecular complexity index is 896. The zero-order chi connectivity index (χ0) is 27.9. The van der Waals surface area contributed by atoms with Gasteiger partial charge in [0.25, 0.3) is 0 Å². The third-order valence-corrected chi connectivity index (χ3v) is 8.42. The summed E-state index contributed by atoms with van der Waals surface area (Å²) in [6.07, 6.45) is -2.49. The maximum absolute atomic E-state index is 12.8. The first kappa shape index (κ1) is 29.6. The Balaban J connectivity index is 2.15. The van der Waals surface area contributed by atoms with Crippen LogP contribution in [0.5, 0.6) is 0 Å². The van der Waals surface area contributed by atoms with Crippen molar-refractivity contribution in [1.82, 2.24) is 0 Å². The third-order valence-electron chi connectivity index (χ3n) is 8.42. The highest BCUT2D eigenvalue weighted by atomic mass is 16.6. The summed E-state index contributed by atoms with van der Waals surface area (Å²) in [5, 5.41) is 22.8. The fourth-order valence-corrected chi connectivity index (χ4v) is 6.87. The number of carbonyl (C=O) groups excluding carboxylic acids is 3. The maximum atomic E-state index is 12.8. The summed E-state index contributed by atoms with van der Waals surface area (Å²) in [5.74, 6) is -2.41. The largest absolute Gasteiger partial charge is 0.460 e. The van der Waals surface area contributed by atoms with E-state index in [0.717, 1.165) is 0 Å². The van der Waals surface area contributed by atoms with E-state index in [9.17, 15) is 24.6 Å². The van der Waals surface area contributed by atoms with Gasteiger partial charge in [-0.2, -0.15) is 0 Å². The van der Waals surface area contributed by atoms with E-state index < -0.39 is 59.6 Å². The van der Waals surface area contributed by atoms with Crippen LogP contribution in [0.3, 0.4) is 0 Å². The van der Waals surface area contributed by atoms with Gasteiger partial charge in [0.1, 0.15) is 35.6 Å². The SMILES string of the molecule is C=C1[C@H]2[C@@H]([C@H](C(C)C)[C@H](OC(C)=O)[C@@H]1O)[C@H]1O[C@@H]2C[C@](C)(O)[C@@H](OC(C)=O)CC[C@@]1(C)OC(=O)CCC. The molecule has 37 heavy (non-hydrogen) atoms. The molecule has 2 heterocycles. The normalized spacial score (nSPS) is 41.7. The first-order valence-electron chi connectivity index (χ1n) is 13.4. The van der Waals surface area contributed by atoms with E-state index in [2.05, 4.69) is 6.58 Å². The van der Waals surface area contributed by atoms with Gasteiger partial charge in [0.2, 0.25) is 0 Å². The second kappa shape index (κ2) is 11.0. The maximum Gasteiger partial charge on any atom is 0.306 e. The van der Waals surface area contributed by atoms with E-state index in [1.54, 1.807) is 6.92 Å². The molecule has 3 fully saturated rings. The minimum atomic E-state index is -1.44. The Morgan fingerprint density at radius 3 is 2.32 bits per heavy atom. The quantitative estimate of drug-likeness (QED) is 0.306. The molecule has 0 aromatic carbocycles. The number of hydrogen-bond acceptors (Lipinski definition) is 9. The summed E-state index contributed by atoms with van der Waals surface area (Å²) in [6, 6.07) is 0. The van der Waals surface area contributed by atoms with Gasteiger partial charge < -0.3 is 29.2 Å². The summed E-state index contributed by atoms with van der Waals surface area (Å²) in [4.78, 5) is 36.7. The highest BCUT2D eigenvalue weighted by Crippen LogP contribution is 2.56. The van der Waals surface area contributed by atoms with Gasteiger partial charge in [-0.3, -0.25) is 14.4 Å². The molecule has 210 valence electrons. The summed E-state index contributed by atoms with van der Waals surface area (Å²) in [6.45, 7) is 16.1. The van der Waals surface area contributed by atoms with Crippen molar-refractivity contribution >= 4 is 17.9 Å². The van der Waals surface area contributed by atoms with Crippen molar-refractivity contribution in [3.63, 3.8) is 0 Å². The van der Waals surface area contributed by atoms with E-state index in [1.165, 1.54) is 13.8 Å². The molecule has 0 spiro atoms. The van der Waals surface area contributed by atoms with Crippen molar-refractivity contribution in [3.05, 3.63) is 12.2 Å². The topological polar surface area (TPSA) is 129 Å². The number of aliphatic hydroxyl groups excluding tert-OH is 1. The minimum absolute atomic E-state index is 0.0164. The molecule has 9 heteroatoms. The van der Waals surface area contributed by atoms with Gasteiger partial charge >= 0.3 is 17.9 Å². The zero-order valence-corrected chi connectivity index (χ0v) is 23.2. The molecule has 1 saturated carbocycles. The summed E-state index contributed by atoms with van der Waals surface area (Å²) < 4.78 is 24.0. The second-order valence-electron chi connectivity index (χ2n) is 11.8. The van der Waals surface area contributed by atoms with Crippen molar-refractivity contribution in [2.75, 3.05) is 0 Å². The van der Waals surface area contributed by atoms with E-state index in [0.29, 0.717) is 12.0 Å². The van der Waals surface area contributed by atoms with Crippen LogP contribution >= 0.6 is 0 Å². The Labute approximate surface area is 219 Å². The highest BCUT2D eigenvalue weighted by molar-refractivity contribution is 5.70. The molecular weight excluding hydrogens is 480 g/mol. The van der Waals surface area contributed by atoms with Gasteiger partial charge in [-0.15, -0.1) is 0 Å². The zero-order valence-electron chi connectivity index (χ0n) is 23.2. The van der Waals surface area contributed by atoms with Gasteiger partial charge in [0.15, 0.2) is 0 Å². The van der Waals surface area contributed by atoms with Gasteiger partial charge in [-0.05, 0) is 44.6 Å². The minimum Gasteiger partial charge on any atom is -0.460 e. The molecule has 9 nitrogen and oxygen atoms in total. The lowest BCUT2D eigenvalue weighted by Crippen LogP contribution is -2.58. The monoisotopic (exact) mass is 524 g/mol. The molecule has 3 rings (SSSR count). The molecule has 0 radical (unpaired) electrons. The molecule has 2 aliphatic heterocycles. The van der Waals surface area contributed by atoms with Crippen LogP contribution in [-0.2, 0) is 33.3 Å². The number of fused-ring (bicyclic) bond motifs is 5. The lowest BCUT2D eigenvalue weighted by Gasteiger charge is -2.50. The molecule has 0 aromatic heterocycles. The fraction of sp³-hybridized carbons (Fsp3) is 0.821. The van der Waals surface area contributed by atoms with Crippen LogP contribution < -0.4 is 0 Å². The van der Waals surface area contributed by atoms with Crippen molar-refractivity contribution < 1.29 is 43.5 Å². The first-order valence-corrected chi connectivity index (χ1v) is 13.4. The average Bonchev–Trinajstić information content (AvgIpc) is 3.13. The van der Waals surface area contributed by atoms with Crippen LogP contribution in [0.2, 0.25) is 0 Å². The molecule has 0 amide bonds. The molecule has 10 atom stereocenters. The molecule has 0 aromatic rings. The van der Waals surface area contributed by atoms with Crippen molar-refractivity contribution in [2.45, 2.75) is 122 Å². The van der Waals surface area contributed by atoms with Gasteiger partial charge in [0.05, 0.1) is 6.10 Å². The molecule has 2 N–H and O–H groups in total. The van der Waals surface area contributed by atoms with Crippen LogP contribution in [0, 0.1) is 23.7 Å². The van der Waals surface area contributed by atoms with Crippen molar-refractivity contribution in [2.24, 2.45) is 23.7 Å². The fourth-order valence-electron chi connectivity index (χ4n) is 6.87. The van der Waals surface area contributed by atoms with Crippen LogP contribution in [0.25, 0.3) is 0 Å². The van der Waals surface area contributed by atoms with Gasteiger partial charge in [-0.25, -0.2) is 0 Å². The Kier molecular flexibility index (Phi) is 8.82. The van der Waals surface area contributed by atoms with E-state index in [1.807, 2.05) is 27.7 Å². The predicted octanol–water partition coefficient (Wildman–Crippen LogP) is 3.09. The van der Waals surface area contributed by atoms with Crippen LogP contribution in [0.1, 0.15) is 80.6 Å². The molecule has 2 bridgehead atoms.